The van der Waals surface area contributed by atoms with Gasteiger partial charge in [-0.3, -0.25) is 0 Å². The molecule has 0 fully saturated rings. The Labute approximate surface area is 86.0 Å². The zero-order chi connectivity index (χ0) is 10.2. The molecule has 2 nitrogen and oxygen atoms in total. The first kappa shape index (κ1) is 11.1. The molecule has 0 aliphatic heterocycles. The molecule has 1 rings (SSSR count). The summed E-state index contributed by atoms with van der Waals surface area (Å²) in [5.74, 6) is 0. The first-order valence-corrected chi connectivity index (χ1v) is 5.24. The molecule has 0 aliphatic carbocycles. The second-order valence-corrected chi connectivity index (χ2v) is 3.58. The van der Waals surface area contributed by atoms with Gasteiger partial charge in [-0.25, -0.2) is 0 Å². The molecule has 2 heteroatoms. The maximum Gasteiger partial charge on any atom is 0.0431 e. The van der Waals surface area contributed by atoms with Crippen LogP contribution in [-0.4, -0.2) is 18.3 Å². The van der Waals surface area contributed by atoms with Crippen molar-refractivity contribution in [2.24, 2.45) is 0 Å². The van der Waals surface area contributed by atoms with Crippen LogP contribution >= 0.6 is 0 Å². The third kappa shape index (κ3) is 4.28. The molecule has 14 heavy (non-hydrogen) atoms. The zero-order valence-corrected chi connectivity index (χ0v) is 8.79. The molecule has 2 N–H and O–H groups in total. The van der Waals surface area contributed by atoms with Gasteiger partial charge in [-0.1, -0.05) is 12.1 Å². The van der Waals surface area contributed by atoms with Gasteiger partial charge >= 0.3 is 0 Å². The molecule has 0 bridgehead atoms. The number of aliphatic hydroxyl groups is 1. The van der Waals surface area contributed by atoms with E-state index in [2.05, 4.69) is 36.5 Å². The fourth-order valence-corrected chi connectivity index (χ4v) is 1.40. The summed E-state index contributed by atoms with van der Waals surface area (Å²) in [4.78, 5) is 0. The van der Waals surface area contributed by atoms with Crippen molar-refractivity contribution in [3.05, 3.63) is 29.8 Å². The predicted molar refractivity (Wildman–Crippen MR) is 60.6 cm³/mol. The van der Waals surface area contributed by atoms with Crippen LogP contribution in [0.25, 0.3) is 0 Å². The van der Waals surface area contributed by atoms with E-state index in [0.29, 0.717) is 6.61 Å². The van der Waals surface area contributed by atoms with Crippen molar-refractivity contribution in [3.63, 3.8) is 0 Å². The van der Waals surface area contributed by atoms with Crippen LogP contribution < -0.4 is 5.32 Å². The average molecular weight is 193 g/mol. The summed E-state index contributed by atoms with van der Waals surface area (Å²) in [6.45, 7) is 3.39. The number of nitrogens with one attached hydrogen (secondary N) is 1. The second kappa shape index (κ2) is 6.44. The van der Waals surface area contributed by atoms with Gasteiger partial charge in [0.1, 0.15) is 0 Å². The summed E-state index contributed by atoms with van der Waals surface area (Å²) >= 11 is 0. The Hall–Kier alpha value is -1.02. The summed E-state index contributed by atoms with van der Waals surface area (Å²) < 4.78 is 0. The maximum absolute atomic E-state index is 8.60. The van der Waals surface area contributed by atoms with Crippen LogP contribution in [0.5, 0.6) is 0 Å². The van der Waals surface area contributed by atoms with Crippen molar-refractivity contribution in [1.82, 2.24) is 0 Å². The van der Waals surface area contributed by atoms with Crippen LogP contribution in [-0.2, 0) is 0 Å². The first-order valence-electron chi connectivity index (χ1n) is 5.24. The molecule has 0 atom stereocenters. The van der Waals surface area contributed by atoms with E-state index in [1.807, 2.05) is 0 Å². The molecule has 0 unspecified atom stereocenters. The van der Waals surface area contributed by atoms with E-state index in [1.54, 1.807) is 0 Å². The normalized spacial score (nSPS) is 10.1. The number of hydrogen-bond donors (Lipinski definition) is 2. The van der Waals surface area contributed by atoms with Gasteiger partial charge in [0, 0.05) is 18.8 Å². The van der Waals surface area contributed by atoms with E-state index in [1.165, 1.54) is 11.3 Å². The highest BCUT2D eigenvalue weighted by atomic mass is 16.2. The van der Waals surface area contributed by atoms with E-state index in [9.17, 15) is 0 Å². The van der Waals surface area contributed by atoms with Crippen LogP contribution in [0.2, 0.25) is 0 Å². The van der Waals surface area contributed by atoms with E-state index in [0.717, 1.165) is 25.8 Å². The van der Waals surface area contributed by atoms with Crippen molar-refractivity contribution < 1.29 is 5.11 Å². The molecule has 0 radical (unpaired) electrons. The second-order valence-electron chi connectivity index (χ2n) is 3.58. The summed E-state index contributed by atoms with van der Waals surface area (Å²) in [5, 5.41) is 12.0. The molecular formula is C12H19NO. The minimum Gasteiger partial charge on any atom is -0.396 e. The summed E-state index contributed by atoms with van der Waals surface area (Å²) in [6, 6.07) is 8.38. The zero-order valence-electron chi connectivity index (χ0n) is 8.79. The van der Waals surface area contributed by atoms with Gasteiger partial charge in [-0.2, -0.15) is 0 Å². The quantitative estimate of drug-likeness (QED) is 0.680. The highest BCUT2D eigenvalue weighted by Crippen LogP contribution is 2.09. The average Bonchev–Trinajstić information content (AvgIpc) is 2.18. The van der Waals surface area contributed by atoms with Gasteiger partial charge < -0.3 is 10.4 Å². The molecule has 0 spiro atoms. The van der Waals surface area contributed by atoms with E-state index in [-0.39, 0.29) is 0 Å². The summed E-state index contributed by atoms with van der Waals surface area (Å²) in [5.41, 5.74) is 2.47. The summed E-state index contributed by atoms with van der Waals surface area (Å²) in [7, 11) is 0. The van der Waals surface area contributed by atoms with Crippen LogP contribution in [0.4, 0.5) is 5.69 Å². The van der Waals surface area contributed by atoms with Crippen molar-refractivity contribution in [2.75, 3.05) is 18.5 Å². The molecule has 1 aromatic rings. The Morgan fingerprint density at radius 3 is 2.79 bits per heavy atom. The molecule has 0 aromatic heterocycles. The Morgan fingerprint density at radius 2 is 2.07 bits per heavy atom. The molecule has 1 aromatic carbocycles. The van der Waals surface area contributed by atoms with E-state index >= 15 is 0 Å². The van der Waals surface area contributed by atoms with Crippen molar-refractivity contribution in [3.8, 4) is 0 Å². The number of unbranched alkanes of at least 4 members (excludes halogenated alkanes) is 2. The molecule has 0 saturated heterocycles. The number of rotatable bonds is 6. The maximum atomic E-state index is 8.60. The van der Waals surface area contributed by atoms with Gasteiger partial charge in [-0.15, -0.1) is 0 Å². The molecule has 0 aliphatic rings. The van der Waals surface area contributed by atoms with Crippen LogP contribution in [0.3, 0.4) is 0 Å². The Bertz CT molecular complexity index is 260. The largest absolute Gasteiger partial charge is 0.396 e. The number of aryl methyl sites for hydroxylation is 1. The summed E-state index contributed by atoms with van der Waals surface area (Å²) in [6.07, 6.45) is 3.12. The topological polar surface area (TPSA) is 32.3 Å². The number of benzene rings is 1. The van der Waals surface area contributed by atoms with Gasteiger partial charge in [0.15, 0.2) is 0 Å². The minimum atomic E-state index is 0.310. The van der Waals surface area contributed by atoms with Crippen LogP contribution in [0, 0.1) is 6.92 Å². The lowest BCUT2D eigenvalue weighted by Crippen LogP contribution is -2.01. The Kier molecular flexibility index (Phi) is 5.08. The fraction of sp³-hybridized carbons (Fsp3) is 0.500. The Balaban J connectivity index is 2.18. The Morgan fingerprint density at radius 1 is 1.21 bits per heavy atom. The van der Waals surface area contributed by atoms with Crippen molar-refractivity contribution >= 4 is 5.69 Å². The number of aliphatic hydroxyl groups excluding tert-OH is 1. The van der Waals surface area contributed by atoms with Crippen molar-refractivity contribution in [1.29, 1.82) is 0 Å². The SMILES string of the molecule is Cc1cccc(NCCCCCO)c1. The van der Waals surface area contributed by atoms with Gasteiger partial charge in [0.2, 0.25) is 0 Å². The van der Waals surface area contributed by atoms with Gasteiger partial charge in [0.05, 0.1) is 0 Å². The third-order valence-corrected chi connectivity index (χ3v) is 2.18. The smallest absolute Gasteiger partial charge is 0.0431 e. The number of anilines is 1. The van der Waals surface area contributed by atoms with Crippen LogP contribution in [0.1, 0.15) is 24.8 Å². The standard InChI is InChI=1S/C12H19NO/c1-11-6-5-7-12(10-11)13-8-3-2-4-9-14/h5-7,10,13-14H,2-4,8-9H2,1H3. The molecular weight excluding hydrogens is 174 g/mol. The minimum absolute atomic E-state index is 0.310. The van der Waals surface area contributed by atoms with Gasteiger partial charge in [0.25, 0.3) is 0 Å². The van der Waals surface area contributed by atoms with E-state index < -0.39 is 0 Å². The third-order valence-electron chi connectivity index (χ3n) is 2.18. The molecule has 0 heterocycles. The number of hydrogen-bond acceptors (Lipinski definition) is 2. The lowest BCUT2D eigenvalue weighted by molar-refractivity contribution is 0.283. The predicted octanol–water partition coefficient (Wildman–Crippen LogP) is 2.57. The molecule has 78 valence electrons. The van der Waals surface area contributed by atoms with Gasteiger partial charge in [-0.05, 0) is 43.9 Å². The lowest BCUT2D eigenvalue weighted by Gasteiger charge is -2.06. The van der Waals surface area contributed by atoms with Crippen LogP contribution in [0.15, 0.2) is 24.3 Å². The highest BCUT2D eigenvalue weighted by Gasteiger charge is 1.91. The van der Waals surface area contributed by atoms with Crippen molar-refractivity contribution in [2.45, 2.75) is 26.2 Å². The highest BCUT2D eigenvalue weighted by molar-refractivity contribution is 5.45. The molecule has 0 saturated carbocycles. The monoisotopic (exact) mass is 193 g/mol. The lowest BCUT2D eigenvalue weighted by atomic mass is 10.2. The fourth-order valence-electron chi connectivity index (χ4n) is 1.40. The first-order chi connectivity index (χ1) is 6.83. The van der Waals surface area contributed by atoms with E-state index in [4.69, 9.17) is 5.11 Å². The molecule has 0 amide bonds.